The van der Waals surface area contributed by atoms with Gasteiger partial charge in [-0.3, -0.25) is 9.59 Å². The molecule has 0 radical (unpaired) electrons. The van der Waals surface area contributed by atoms with Gasteiger partial charge in [-0.05, 0) is 47.1 Å². The molecule has 0 unspecified atom stereocenters. The van der Waals surface area contributed by atoms with Crippen LogP contribution in [-0.2, 0) is 23.8 Å². The van der Waals surface area contributed by atoms with Crippen LogP contribution in [0.2, 0.25) is 0 Å². The van der Waals surface area contributed by atoms with Crippen LogP contribution in [0.15, 0.2) is 0 Å². The molecule has 0 aliphatic rings. The van der Waals surface area contributed by atoms with Crippen molar-refractivity contribution in [1.82, 2.24) is 5.32 Å². The molecule has 0 aliphatic heterocycles. The van der Waals surface area contributed by atoms with E-state index in [2.05, 4.69) is 19.2 Å². The minimum atomic E-state index is -0.404. The predicted octanol–water partition coefficient (Wildman–Crippen LogP) is 0.324. The number of carbonyl (C=O) groups excluding carboxylic acids is 2. The van der Waals surface area contributed by atoms with Gasteiger partial charge >= 0.3 is 11.9 Å². The predicted molar refractivity (Wildman–Crippen MR) is 96.0 cm³/mol. The Balaban J connectivity index is 3.87. The van der Waals surface area contributed by atoms with Gasteiger partial charge in [-0.15, -0.1) is 0 Å². The lowest BCUT2D eigenvalue weighted by molar-refractivity contribution is -0.144. The maximum atomic E-state index is 11.0. The third kappa shape index (κ3) is 13.7. The van der Waals surface area contributed by atoms with Crippen molar-refractivity contribution >= 4 is 11.9 Å². The summed E-state index contributed by atoms with van der Waals surface area (Å²) < 4.78 is 15.8. The van der Waals surface area contributed by atoms with Crippen molar-refractivity contribution in [2.45, 2.75) is 58.1 Å². The average molecular weight is 361 g/mol. The fraction of sp³-hybridized carbons (Fsp3) is 0.882. The Kier molecular flexibility index (Phi) is 11.6. The summed E-state index contributed by atoms with van der Waals surface area (Å²) in [6.45, 7) is 9.92. The summed E-state index contributed by atoms with van der Waals surface area (Å²) in [4.78, 5) is 21.9. The Morgan fingerprint density at radius 3 is 2.00 bits per heavy atom. The van der Waals surface area contributed by atoms with Crippen molar-refractivity contribution in [3.63, 3.8) is 0 Å². The third-order valence-electron chi connectivity index (χ3n) is 3.71. The van der Waals surface area contributed by atoms with Crippen LogP contribution in [0.25, 0.3) is 0 Å². The summed E-state index contributed by atoms with van der Waals surface area (Å²) >= 11 is 0. The lowest BCUT2D eigenvalue weighted by atomic mass is 10.0. The monoisotopic (exact) mass is 361 g/mol. The van der Waals surface area contributed by atoms with Crippen LogP contribution in [0, 0.1) is 0 Å². The number of rotatable bonds is 14. The van der Waals surface area contributed by atoms with Crippen molar-refractivity contribution in [3.05, 3.63) is 0 Å². The largest absolute Gasteiger partial charge is 0.465 e. The summed E-state index contributed by atoms with van der Waals surface area (Å²) in [7, 11) is 0. The van der Waals surface area contributed by atoms with Crippen molar-refractivity contribution in [1.29, 1.82) is 0 Å². The van der Waals surface area contributed by atoms with Crippen molar-refractivity contribution in [3.8, 4) is 0 Å². The van der Waals surface area contributed by atoms with Crippen molar-refractivity contribution in [2.24, 2.45) is 11.5 Å². The van der Waals surface area contributed by atoms with Crippen LogP contribution < -0.4 is 16.8 Å². The number of ether oxygens (including phenoxy) is 3. The Bertz CT molecular complexity index is 400. The second-order valence-corrected chi connectivity index (χ2v) is 7.12. The molecule has 8 heteroatoms. The first-order valence-corrected chi connectivity index (χ1v) is 8.72. The van der Waals surface area contributed by atoms with Crippen molar-refractivity contribution in [2.75, 3.05) is 39.5 Å². The third-order valence-corrected chi connectivity index (χ3v) is 3.71. The van der Waals surface area contributed by atoms with Crippen LogP contribution in [0.3, 0.4) is 0 Å². The fourth-order valence-corrected chi connectivity index (χ4v) is 1.96. The van der Waals surface area contributed by atoms with Gasteiger partial charge in [-0.25, -0.2) is 0 Å². The molecule has 0 aromatic heterocycles. The Labute approximate surface area is 150 Å². The van der Waals surface area contributed by atoms with E-state index in [1.807, 2.05) is 13.8 Å². The highest BCUT2D eigenvalue weighted by Gasteiger charge is 2.22. The molecule has 0 aromatic carbocycles. The van der Waals surface area contributed by atoms with Crippen LogP contribution >= 0.6 is 0 Å². The molecule has 25 heavy (non-hydrogen) atoms. The first-order chi connectivity index (χ1) is 11.6. The number of carbonyl (C=O) groups is 2. The van der Waals surface area contributed by atoms with E-state index in [-0.39, 0.29) is 30.2 Å². The molecular formula is C17H35N3O5. The SMILES string of the molecule is CC(C)(CCOC(C)(C)CCOC(=O)CN)NCCCOC(=O)CN. The Hall–Kier alpha value is -1.22. The zero-order chi connectivity index (χ0) is 19.3. The topological polar surface area (TPSA) is 126 Å². The number of nitrogens with one attached hydrogen (secondary N) is 1. The van der Waals surface area contributed by atoms with Gasteiger partial charge in [0, 0.05) is 18.6 Å². The quantitative estimate of drug-likeness (QED) is 0.298. The maximum absolute atomic E-state index is 11.0. The minimum Gasteiger partial charge on any atom is -0.465 e. The molecule has 0 saturated carbocycles. The molecule has 0 aromatic rings. The van der Waals surface area contributed by atoms with Gasteiger partial charge in [-0.1, -0.05) is 0 Å². The summed E-state index contributed by atoms with van der Waals surface area (Å²) in [6.07, 6.45) is 2.16. The molecular weight excluding hydrogens is 326 g/mol. The smallest absolute Gasteiger partial charge is 0.319 e. The van der Waals surface area contributed by atoms with Gasteiger partial charge < -0.3 is 31.0 Å². The Morgan fingerprint density at radius 2 is 1.44 bits per heavy atom. The average Bonchev–Trinajstić information content (AvgIpc) is 2.53. The van der Waals surface area contributed by atoms with E-state index in [9.17, 15) is 9.59 Å². The van der Waals surface area contributed by atoms with Crippen LogP contribution in [0.1, 0.15) is 47.0 Å². The van der Waals surface area contributed by atoms with Gasteiger partial charge in [0.2, 0.25) is 0 Å². The highest BCUT2D eigenvalue weighted by atomic mass is 16.5. The van der Waals surface area contributed by atoms with E-state index < -0.39 is 5.97 Å². The second-order valence-electron chi connectivity index (χ2n) is 7.12. The van der Waals surface area contributed by atoms with Gasteiger partial charge in [0.25, 0.3) is 0 Å². The first-order valence-electron chi connectivity index (χ1n) is 8.72. The summed E-state index contributed by atoms with van der Waals surface area (Å²) in [5.41, 5.74) is 9.88. The fourth-order valence-electron chi connectivity index (χ4n) is 1.96. The van der Waals surface area contributed by atoms with Crippen LogP contribution in [0.5, 0.6) is 0 Å². The van der Waals surface area contributed by atoms with Gasteiger partial charge in [0.15, 0.2) is 0 Å². The van der Waals surface area contributed by atoms with E-state index in [1.165, 1.54) is 0 Å². The molecule has 0 saturated heterocycles. The highest BCUT2D eigenvalue weighted by molar-refractivity contribution is 5.71. The lowest BCUT2D eigenvalue weighted by Crippen LogP contribution is -2.42. The summed E-state index contributed by atoms with van der Waals surface area (Å²) in [6, 6.07) is 0. The number of esters is 2. The van der Waals surface area contributed by atoms with E-state index >= 15 is 0 Å². The van der Waals surface area contributed by atoms with Gasteiger partial charge in [-0.2, -0.15) is 0 Å². The molecule has 0 fully saturated rings. The molecule has 8 nitrogen and oxygen atoms in total. The van der Waals surface area contributed by atoms with E-state index in [1.54, 1.807) is 0 Å². The zero-order valence-corrected chi connectivity index (χ0v) is 16.1. The standard InChI is InChI=1S/C17H35N3O5/c1-16(2,20-8-5-9-23-14(21)12-18)6-11-25-17(3,4)7-10-24-15(22)13-19/h20H,5-13,18-19H2,1-4H3. The van der Waals surface area contributed by atoms with Crippen molar-refractivity contribution < 1.29 is 23.8 Å². The second kappa shape index (κ2) is 12.2. The summed E-state index contributed by atoms with van der Waals surface area (Å²) in [5.74, 6) is -0.787. The van der Waals surface area contributed by atoms with Crippen LogP contribution in [0.4, 0.5) is 0 Å². The molecule has 0 heterocycles. The van der Waals surface area contributed by atoms with E-state index in [4.69, 9.17) is 25.7 Å². The molecule has 0 amide bonds. The molecule has 0 atom stereocenters. The minimum absolute atomic E-state index is 0.0858. The number of nitrogens with two attached hydrogens (primary N) is 2. The van der Waals surface area contributed by atoms with Crippen LogP contribution in [-0.4, -0.2) is 62.5 Å². The molecule has 5 N–H and O–H groups in total. The molecule has 0 bridgehead atoms. The molecule has 0 rings (SSSR count). The zero-order valence-electron chi connectivity index (χ0n) is 16.1. The lowest BCUT2D eigenvalue weighted by Gasteiger charge is -2.30. The normalized spacial score (nSPS) is 12.1. The van der Waals surface area contributed by atoms with E-state index in [0.717, 1.165) is 19.4 Å². The molecule has 0 aliphatic carbocycles. The van der Waals surface area contributed by atoms with E-state index in [0.29, 0.717) is 26.2 Å². The Morgan fingerprint density at radius 1 is 0.880 bits per heavy atom. The first kappa shape index (κ1) is 23.8. The maximum Gasteiger partial charge on any atom is 0.319 e. The molecule has 0 spiro atoms. The molecule has 148 valence electrons. The summed E-state index contributed by atoms with van der Waals surface area (Å²) in [5, 5.41) is 3.42. The van der Waals surface area contributed by atoms with Gasteiger partial charge in [0.1, 0.15) is 0 Å². The number of hydrogen-bond acceptors (Lipinski definition) is 8. The van der Waals surface area contributed by atoms with Gasteiger partial charge in [0.05, 0.1) is 31.9 Å². The highest BCUT2D eigenvalue weighted by Crippen LogP contribution is 2.17. The number of hydrogen-bond donors (Lipinski definition) is 3.